The monoisotopic (exact) mass is 281 g/mol. The first-order valence-corrected chi connectivity index (χ1v) is 6.41. The summed E-state index contributed by atoms with van der Waals surface area (Å²) in [5, 5.41) is 9.36. The van der Waals surface area contributed by atoms with Crippen molar-refractivity contribution in [2.45, 2.75) is 5.92 Å². The molecule has 2 aromatic rings. The summed E-state index contributed by atoms with van der Waals surface area (Å²) in [6, 6.07) is 15.8. The lowest BCUT2D eigenvalue weighted by Crippen LogP contribution is -2.11. The zero-order valence-electron chi connectivity index (χ0n) is 11.9. The van der Waals surface area contributed by atoms with Gasteiger partial charge in [0.1, 0.15) is 17.4 Å². The number of nitrogens with zero attached hydrogens (tertiary/aromatic N) is 1. The average molecular weight is 281 g/mol. The van der Waals surface area contributed by atoms with Gasteiger partial charge in [-0.25, -0.2) is 0 Å². The number of carbonyl (C=O) groups is 1. The van der Waals surface area contributed by atoms with E-state index in [0.717, 1.165) is 0 Å². The zero-order valence-corrected chi connectivity index (χ0v) is 11.9. The van der Waals surface area contributed by atoms with E-state index in [0.29, 0.717) is 22.6 Å². The predicted molar refractivity (Wildman–Crippen MR) is 78.7 cm³/mol. The van der Waals surface area contributed by atoms with Crippen LogP contribution in [-0.2, 0) is 0 Å². The molecule has 0 saturated heterocycles. The van der Waals surface area contributed by atoms with Gasteiger partial charge in [-0.2, -0.15) is 5.26 Å². The highest BCUT2D eigenvalue weighted by molar-refractivity contribution is 6.03. The summed E-state index contributed by atoms with van der Waals surface area (Å²) in [4.78, 5) is 12.5. The second-order valence-corrected chi connectivity index (χ2v) is 4.43. The van der Waals surface area contributed by atoms with Crippen LogP contribution in [-0.4, -0.2) is 20.0 Å². The fourth-order valence-corrected chi connectivity index (χ4v) is 2.05. The highest BCUT2D eigenvalue weighted by Gasteiger charge is 2.22. The van der Waals surface area contributed by atoms with Gasteiger partial charge < -0.3 is 9.47 Å². The van der Waals surface area contributed by atoms with Crippen LogP contribution in [0.4, 0.5) is 0 Å². The third-order valence-corrected chi connectivity index (χ3v) is 3.17. The van der Waals surface area contributed by atoms with Crippen LogP contribution in [0.5, 0.6) is 11.5 Å². The number of Topliss-reactive ketones (excluding diaryl/α,β-unsaturated/α-hetero) is 1. The van der Waals surface area contributed by atoms with Crippen molar-refractivity contribution in [2.75, 3.05) is 14.2 Å². The molecule has 0 bridgehead atoms. The first-order valence-electron chi connectivity index (χ1n) is 6.41. The normalized spacial score (nSPS) is 11.3. The van der Waals surface area contributed by atoms with Gasteiger partial charge in [0, 0.05) is 5.56 Å². The Hall–Kier alpha value is -2.80. The number of benzene rings is 2. The lowest BCUT2D eigenvalue weighted by molar-refractivity contribution is 0.0978. The zero-order chi connectivity index (χ0) is 15.2. The van der Waals surface area contributed by atoms with Crippen molar-refractivity contribution in [3.63, 3.8) is 0 Å². The Morgan fingerprint density at radius 3 is 2.29 bits per heavy atom. The largest absolute Gasteiger partial charge is 0.497 e. The van der Waals surface area contributed by atoms with E-state index in [9.17, 15) is 10.1 Å². The minimum atomic E-state index is -0.868. The summed E-state index contributed by atoms with van der Waals surface area (Å²) in [6.45, 7) is 0. The first kappa shape index (κ1) is 14.6. The number of hydrogen-bond donors (Lipinski definition) is 0. The van der Waals surface area contributed by atoms with Crippen LogP contribution in [0.3, 0.4) is 0 Å². The maximum atomic E-state index is 12.5. The summed E-state index contributed by atoms with van der Waals surface area (Å²) in [5.41, 5.74) is 1.06. The number of ketones is 1. The van der Waals surface area contributed by atoms with Gasteiger partial charge in [0.05, 0.1) is 20.3 Å². The van der Waals surface area contributed by atoms with Gasteiger partial charge in [-0.3, -0.25) is 4.79 Å². The quantitative estimate of drug-likeness (QED) is 0.790. The minimum Gasteiger partial charge on any atom is -0.497 e. The Kier molecular flexibility index (Phi) is 4.57. The van der Waals surface area contributed by atoms with Gasteiger partial charge in [0.2, 0.25) is 0 Å². The van der Waals surface area contributed by atoms with E-state index in [1.165, 1.54) is 7.11 Å². The molecule has 0 heterocycles. The standard InChI is InChI=1S/C17H15NO3/c1-20-14-7-3-5-12(9-14)16(11-18)17(19)13-6-4-8-15(10-13)21-2/h3-10,16H,1-2H3. The minimum absolute atomic E-state index is 0.260. The van der Waals surface area contributed by atoms with Crippen molar-refractivity contribution in [3.05, 3.63) is 59.7 Å². The Balaban J connectivity index is 2.36. The van der Waals surface area contributed by atoms with Gasteiger partial charge in [-0.15, -0.1) is 0 Å². The Labute approximate surface area is 123 Å². The molecular formula is C17H15NO3. The number of nitriles is 1. The maximum absolute atomic E-state index is 12.5. The summed E-state index contributed by atoms with van der Waals surface area (Å²) in [6.07, 6.45) is 0. The Morgan fingerprint density at radius 2 is 1.67 bits per heavy atom. The van der Waals surface area contributed by atoms with Gasteiger partial charge in [0.25, 0.3) is 0 Å². The van der Waals surface area contributed by atoms with E-state index in [-0.39, 0.29) is 5.78 Å². The number of carbonyl (C=O) groups excluding carboxylic acids is 1. The highest BCUT2D eigenvalue weighted by atomic mass is 16.5. The molecule has 0 spiro atoms. The van der Waals surface area contributed by atoms with Crippen LogP contribution in [0.15, 0.2) is 48.5 Å². The molecule has 0 fully saturated rings. The topological polar surface area (TPSA) is 59.3 Å². The molecule has 1 unspecified atom stereocenters. The molecule has 0 aliphatic rings. The van der Waals surface area contributed by atoms with Crippen molar-refractivity contribution in [2.24, 2.45) is 0 Å². The van der Waals surface area contributed by atoms with Crippen molar-refractivity contribution in [1.29, 1.82) is 5.26 Å². The summed E-state index contributed by atoms with van der Waals surface area (Å²) < 4.78 is 10.2. The number of ether oxygens (including phenoxy) is 2. The summed E-state index contributed by atoms with van der Waals surface area (Å²) >= 11 is 0. The summed E-state index contributed by atoms with van der Waals surface area (Å²) in [5.74, 6) is 0.0752. The molecule has 0 aliphatic carbocycles. The molecule has 0 radical (unpaired) electrons. The average Bonchev–Trinajstić information content (AvgIpc) is 2.55. The second-order valence-electron chi connectivity index (χ2n) is 4.43. The molecule has 106 valence electrons. The smallest absolute Gasteiger partial charge is 0.184 e. The second kappa shape index (κ2) is 6.58. The molecule has 1 atom stereocenters. The molecule has 21 heavy (non-hydrogen) atoms. The fraction of sp³-hybridized carbons (Fsp3) is 0.176. The maximum Gasteiger partial charge on any atom is 0.184 e. The molecule has 0 amide bonds. The van der Waals surface area contributed by atoms with Gasteiger partial charge in [-0.05, 0) is 29.8 Å². The van der Waals surface area contributed by atoms with Crippen LogP contribution in [0.25, 0.3) is 0 Å². The highest BCUT2D eigenvalue weighted by Crippen LogP contribution is 2.25. The predicted octanol–water partition coefficient (Wildman–Crippen LogP) is 3.19. The Bertz CT molecular complexity index is 688. The summed E-state index contributed by atoms with van der Waals surface area (Å²) in [7, 11) is 3.08. The van der Waals surface area contributed by atoms with Crippen molar-refractivity contribution in [1.82, 2.24) is 0 Å². The Morgan fingerprint density at radius 1 is 1.05 bits per heavy atom. The molecule has 0 N–H and O–H groups in total. The van der Waals surface area contributed by atoms with E-state index < -0.39 is 5.92 Å². The van der Waals surface area contributed by atoms with Crippen LogP contribution in [0.1, 0.15) is 21.8 Å². The third kappa shape index (κ3) is 3.21. The van der Waals surface area contributed by atoms with E-state index in [1.54, 1.807) is 55.6 Å². The van der Waals surface area contributed by atoms with E-state index in [2.05, 4.69) is 6.07 Å². The van der Waals surface area contributed by atoms with Crippen LogP contribution >= 0.6 is 0 Å². The van der Waals surface area contributed by atoms with Gasteiger partial charge in [-0.1, -0.05) is 24.3 Å². The first-order chi connectivity index (χ1) is 10.2. The van der Waals surface area contributed by atoms with E-state index in [4.69, 9.17) is 9.47 Å². The fourth-order valence-electron chi connectivity index (χ4n) is 2.05. The lowest BCUT2D eigenvalue weighted by atomic mass is 9.91. The molecule has 2 aromatic carbocycles. The van der Waals surface area contributed by atoms with Gasteiger partial charge >= 0.3 is 0 Å². The van der Waals surface area contributed by atoms with E-state index >= 15 is 0 Å². The molecule has 0 aromatic heterocycles. The third-order valence-electron chi connectivity index (χ3n) is 3.17. The SMILES string of the molecule is COc1cccc(C(=O)C(C#N)c2cccc(OC)c2)c1. The van der Waals surface area contributed by atoms with E-state index in [1.807, 2.05) is 0 Å². The number of rotatable bonds is 5. The van der Waals surface area contributed by atoms with Gasteiger partial charge in [0.15, 0.2) is 5.78 Å². The molecular weight excluding hydrogens is 266 g/mol. The van der Waals surface area contributed by atoms with Crippen molar-refractivity contribution in [3.8, 4) is 17.6 Å². The molecule has 4 nitrogen and oxygen atoms in total. The molecule has 2 rings (SSSR count). The van der Waals surface area contributed by atoms with Crippen LogP contribution in [0.2, 0.25) is 0 Å². The van der Waals surface area contributed by atoms with Crippen LogP contribution in [0, 0.1) is 11.3 Å². The lowest BCUT2D eigenvalue weighted by Gasteiger charge is -2.11. The number of methoxy groups -OCH3 is 2. The van der Waals surface area contributed by atoms with Crippen molar-refractivity contribution < 1.29 is 14.3 Å². The molecule has 0 aliphatic heterocycles. The van der Waals surface area contributed by atoms with Crippen molar-refractivity contribution >= 4 is 5.78 Å². The number of hydrogen-bond acceptors (Lipinski definition) is 4. The molecule has 4 heteroatoms. The van der Waals surface area contributed by atoms with Crippen LogP contribution < -0.4 is 9.47 Å². The molecule has 0 saturated carbocycles.